The Kier molecular flexibility index (Phi) is 4.40. The molecule has 0 saturated heterocycles. The lowest BCUT2D eigenvalue weighted by Crippen LogP contribution is -2.48. The van der Waals surface area contributed by atoms with Gasteiger partial charge in [0.15, 0.2) is 11.5 Å². The van der Waals surface area contributed by atoms with E-state index in [9.17, 15) is 5.11 Å². The lowest BCUT2D eigenvalue weighted by atomic mass is 9.86. The topological polar surface area (TPSA) is 64.7 Å². The molecule has 132 valence electrons. The highest BCUT2D eigenvalue weighted by Crippen LogP contribution is 2.40. The first-order valence-corrected chi connectivity index (χ1v) is 9.04. The molecule has 3 atom stereocenters. The minimum atomic E-state index is -0.838. The molecule has 1 saturated carbocycles. The summed E-state index contributed by atoms with van der Waals surface area (Å²) in [6.07, 6.45) is 4.33. The van der Waals surface area contributed by atoms with Gasteiger partial charge in [-0.25, -0.2) is 0 Å². The maximum Gasteiger partial charge on any atom is 0.231 e. The third-order valence-electron chi connectivity index (χ3n) is 5.67. The molecule has 3 N–H and O–H groups in total. The van der Waals surface area contributed by atoms with Gasteiger partial charge in [-0.1, -0.05) is 36.4 Å². The second-order valence-electron chi connectivity index (χ2n) is 7.32. The van der Waals surface area contributed by atoms with Gasteiger partial charge in [-0.3, -0.25) is 0 Å². The monoisotopic (exact) mass is 339 g/mol. The third kappa shape index (κ3) is 3.37. The Morgan fingerprint density at radius 3 is 2.68 bits per heavy atom. The Morgan fingerprint density at radius 2 is 1.84 bits per heavy atom. The first-order chi connectivity index (χ1) is 12.1. The van der Waals surface area contributed by atoms with E-state index >= 15 is 0 Å². The molecule has 0 radical (unpaired) electrons. The lowest BCUT2D eigenvalue weighted by molar-refractivity contribution is 0.0257. The van der Waals surface area contributed by atoms with E-state index in [1.807, 2.05) is 24.3 Å². The summed E-state index contributed by atoms with van der Waals surface area (Å²) < 4.78 is 10.8. The summed E-state index contributed by atoms with van der Waals surface area (Å²) in [5.74, 6) is 1.89. The number of nitrogens with two attached hydrogens (primary N) is 1. The molecule has 2 aromatic carbocycles. The van der Waals surface area contributed by atoms with Gasteiger partial charge in [0.2, 0.25) is 6.79 Å². The predicted molar refractivity (Wildman–Crippen MR) is 96.7 cm³/mol. The maximum atomic E-state index is 11.1. The highest BCUT2D eigenvalue weighted by molar-refractivity contribution is 5.45. The van der Waals surface area contributed by atoms with E-state index in [1.54, 1.807) is 0 Å². The number of benzene rings is 2. The summed E-state index contributed by atoms with van der Waals surface area (Å²) in [5, 5.41) is 11.1. The van der Waals surface area contributed by atoms with Crippen LogP contribution in [0.4, 0.5) is 0 Å². The van der Waals surface area contributed by atoms with Gasteiger partial charge in [-0.2, -0.15) is 0 Å². The number of hydrogen-bond acceptors (Lipinski definition) is 4. The number of aliphatic hydroxyl groups is 1. The van der Waals surface area contributed by atoms with Crippen LogP contribution in [-0.4, -0.2) is 23.5 Å². The molecule has 0 aromatic heterocycles. The Labute approximate surface area is 148 Å². The first-order valence-electron chi connectivity index (χ1n) is 9.04. The molecule has 4 heteroatoms. The molecule has 3 unspecified atom stereocenters. The van der Waals surface area contributed by atoms with E-state index in [4.69, 9.17) is 15.2 Å². The van der Waals surface area contributed by atoms with Crippen LogP contribution >= 0.6 is 0 Å². The van der Waals surface area contributed by atoms with Crippen LogP contribution in [0.3, 0.4) is 0 Å². The van der Waals surface area contributed by atoms with Crippen molar-refractivity contribution in [2.45, 2.75) is 43.7 Å². The normalized spacial score (nSPS) is 27.6. The van der Waals surface area contributed by atoms with Crippen LogP contribution in [0.1, 0.15) is 30.4 Å². The number of aryl methyl sites for hydroxylation is 1. The predicted octanol–water partition coefficient (Wildman–Crippen LogP) is 3.06. The summed E-state index contributed by atoms with van der Waals surface area (Å²) in [6.45, 7) is 0.268. The van der Waals surface area contributed by atoms with E-state index in [2.05, 4.69) is 24.3 Å². The smallest absolute Gasteiger partial charge is 0.231 e. The molecule has 2 aromatic rings. The van der Waals surface area contributed by atoms with Gasteiger partial charge in [-0.15, -0.1) is 0 Å². The van der Waals surface area contributed by atoms with Crippen molar-refractivity contribution >= 4 is 0 Å². The van der Waals surface area contributed by atoms with Crippen molar-refractivity contribution in [1.29, 1.82) is 0 Å². The SMILES string of the molecule is NC1C(CCc2ccccc2)CCC1(O)Cc1ccc2c(c1)OCO2. The second-order valence-corrected chi connectivity index (χ2v) is 7.32. The average Bonchev–Trinajstić information content (AvgIpc) is 3.20. The van der Waals surface area contributed by atoms with Crippen molar-refractivity contribution in [3.63, 3.8) is 0 Å². The highest BCUT2D eigenvalue weighted by Gasteiger charge is 2.44. The molecule has 1 aliphatic carbocycles. The zero-order valence-corrected chi connectivity index (χ0v) is 14.4. The quantitative estimate of drug-likeness (QED) is 0.879. The van der Waals surface area contributed by atoms with Crippen LogP contribution in [0.5, 0.6) is 11.5 Å². The summed E-state index contributed by atoms with van der Waals surface area (Å²) in [4.78, 5) is 0. The minimum Gasteiger partial charge on any atom is -0.454 e. The zero-order chi connectivity index (χ0) is 17.3. The van der Waals surface area contributed by atoms with Gasteiger partial charge in [0.25, 0.3) is 0 Å². The van der Waals surface area contributed by atoms with Crippen LogP contribution in [0.2, 0.25) is 0 Å². The molecule has 0 bridgehead atoms. The van der Waals surface area contributed by atoms with Crippen LogP contribution in [-0.2, 0) is 12.8 Å². The van der Waals surface area contributed by atoms with Crippen LogP contribution in [0.15, 0.2) is 48.5 Å². The molecule has 0 spiro atoms. The van der Waals surface area contributed by atoms with Gasteiger partial charge in [0.05, 0.1) is 5.60 Å². The second kappa shape index (κ2) is 6.70. The fourth-order valence-corrected chi connectivity index (χ4v) is 4.15. The van der Waals surface area contributed by atoms with Gasteiger partial charge in [-0.05, 0) is 54.9 Å². The number of rotatable bonds is 5. The molecule has 1 fully saturated rings. The summed E-state index contributed by atoms with van der Waals surface area (Å²) in [5.41, 5.74) is 8.02. The number of ether oxygens (including phenoxy) is 2. The molecule has 0 amide bonds. The number of fused-ring (bicyclic) bond motifs is 1. The fourth-order valence-electron chi connectivity index (χ4n) is 4.15. The fraction of sp³-hybridized carbons (Fsp3) is 0.429. The van der Waals surface area contributed by atoms with E-state index in [0.717, 1.165) is 42.7 Å². The third-order valence-corrected chi connectivity index (χ3v) is 5.67. The van der Waals surface area contributed by atoms with E-state index < -0.39 is 5.60 Å². The molecule has 1 heterocycles. The van der Waals surface area contributed by atoms with Gasteiger partial charge in [0, 0.05) is 12.5 Å². The van der Waals surface area contributed by atoms with Crippen molar-refractivity contribution in [3.05, 3.63) is 59.7 Å². The summed E-state index contributed by atoms with van der Waals surface area (Å²) >= 11 is 0. The van der Waals surface area contributed by atoms with Crippen molar-refractivity contribution in [2.24, 2.45) is 11.7 Å². The van der Waals surface area contributed by atoms with E-state index in [1.165, 1.54) is 5.56 Å². The largest absolute Gasteiger partial charge is 0.454 e. The minimum absolute atomic E-state index is 0.193. The Hall–Kier alpha value is -2.04. The van der Waals surface area contributed by atoms with Crippen LogP contribution < -0.4 is 15.2 Å². The van der Waals surface area contributed by atoms with Crippen LogP contribution in [0, 0.1) is 5.92 Å². The Bertz CT molecular complexity index is 733. The van der Waals surface area contributed by atoms with Gasteiger partial charge < -0.3 is 20.3 Å². The van der Waals surface area contributed by atoms with Crippen molar-refractivity contribution in [1.82, 2.24) is 0 Å². The van der Waals surface area contributed by atoms with Crippen LogP contribution in [0.25, 0.3) is 0 Å². The number of hydrogen-bond donors (Lipinski definition) is 2. The maximum absolute atomic E-state index is 11.1. The molecule has 25 heavy (non-hydrogen) atoms. The molecule has 2 aliphatic rings. The molecule has 1 aliphatic heterocycles. The summed E-state index contributed by atoms with van der Waals surface area (Å²) in [6, 6.07) is 16.2. The standard InChI is InChI=1S/C21H25NO3/c22-20-17(8-6-15-4-2-1-3-5-15)10-11-21(20,23)13-16-7-9-18-19(12-16)25-14-24-18/h1-5,7,9,12,17,20,23H,6,8,10-11,13-14,22H2. The van der Waals surface area contributed by atoms with E-state index in [0.29, 0.717) is 12.3 Å². The van der Waals surface area contributed by atoms with Crippen molar-refractivity contribution < 1.29 is 14.6 Å². The lowest BCUT2D eigenvalue weighted by Gasteiger charge is -2.30. The van der Waals surface area contributed by atoms with Gasteiger partial charge >= 0.3 is 0 Å². The average molecular weight is 339 g/mol. The highest BCUT2D eigenvalue weighted by atomic mass is 16.7. The zero-order valence-electron chi connectivity index (χ0n) is 14.4. The summed E-state index contributed by atoms with van der Waals surface area (Å²) in [7, 11) is 0. The molecular formula is C21H25NO3. The van der Waals surface area contributed by atoms with Crippen molar-refractivity contribution in [2.75, 3.05) is 6.79 Å². The molecule has 4 rings (SSSR count). The molecular weight excluding hydrogens is 314 g/mol. The van der Waals surface area contributed by atoms with E-state index in [-0.39, 0.29) is 12.8 Å². The molecule has 4 nitrogen and oxygen atoms in total. The Morgan fingerprint density at radius 1 is 1.04 bits per heavy atom. The van der Waals surface area contributed by atoms with Gasteiger partial charge in [0.1, 0.15) is 0 Å². The van der Waals surface area contributed by atoms with Crippen molar-refractivity contribution in [3.8, 4) is 11.5 Å². The first kappa shape index (κ1) is 16.4. The Balaban J connectivity index is 1.40.